The molecule has 10 rings (SSSR count). The maximum Gasteiger partial charge on any atom is 0.341 e. The number of nitrogens with one attached hydrogen (secondary N) is 2. The first-order chi connectivity index (χ1) is 31.1. The van der Waals surface area contributed by atoms with Crippen LogP contribution in [0.25, 0.3) is 21.8 Å². The number of aromatic carboxylic acids is 2. The summed E-state index contributed by atoms with van der Waals surface area (Å²) in [4.78, 5) is 64.6. The normalized spacial score (nSPS) is 18.5. The number of anilines is 3. The van der Waals surface area contributed by atoms with Crippen LogP contribution in [0, 0.1) is 29.1 Å². The van der Waals surface area contributed by atoms with Crippen LogP contribution >= 0.6 is 0 Å². The number of pyridine rings is 2. The lowest BCUT2D eigenvalue weighted by molar-refractivity contribution is 0.0683. The van der Waals surface area contributed by atoms with Crippen molar-refractivity contribution in [3.05, 3.63) is 110 Å². The zero-order chi connectivity index (χ0) is 46.3. The molecule has 1 aliphatic carbocycles. The van der Waals surface area contributed by atoms with E-state index in [1.165, 1.54) is 48.8 Å². The SMILES string of the molecule is C[C@H]1COc2c(F)c(F)cc3c(=O)c(C(=O)O)cn1c23.C[C@H]1COc2c(N3CC[C@@H](Nc4ncc(F)cn4)C3)c(F)cc3c(=O)c(C(=O)O)cn1c23.Fc1cnc(NC2CCCC2)nc1. The molecule has 3 atom stereocenters. The number of nitrogens with zero attached hydrogens (tertiary/aromatic N) is 7. The van der Waals surface area contributed by atoms with E-state index in [4.69, 9.17) is 14.6 Å². The molecule has 17 nitrogen and oxygen atoms in total. The Hall–Kier alpha value is -7.39. The highest BCUT2D eigenvalue weighted by atomic mass is 19.2. The smallest absolute Gasteiger partial charge is 0.341 e. The molecule has 2 fully saturated rings. The monoisotopic (exact) mass is 905 g/mol. The molecule has 0 spiro atoms. The molecule has 2 aromatic carbocycles. The molecule has 1 saturated heterocycles. The molecule has 340 valence electrons. The van der Waals surface area contributed by atoms with E-state index in [9.17, 15) is 41.8 Å². The van der Waals surface area contributed by atoms with Crippen molar-refractivity contribution in [2.45, 2.75) is 70.1 Å². The summed E-state index contributed by atoms with van der Waals surface area (Å²) >= 11 is 0. The van der Waals surface area contributed by atoms with E-state index in [1.807, 2.05) is 6.92 Å². The maximum atomic E-state index is 15.3. The number of halogens is 5. The van der Waals surface area contributed by atoms with Gasteiger partial charge in [-0.3, -0.25) is 9.59 Å². The molecule has 3 aliphatic heterocycles. The Morgan fingerprint density at radius 3 is 1.65 bits per heavy atom. The summed E-state index contributed by atoms with van der Waals surface area (Å²) in [6, 6.07) is 1.64. The summed E-state index contributed by atoms with van der Waals surface area (Å²) in [6.45, 7) is 4.74. The molecule has 4 aromatic heterocycles. The highest BCUT2D eigenvalue weighted by Crippen LogP contribution is 2.43. The number of hydrogen-bond acceptors (Lipinski definition) is 13. The van der Waals surface area contributed by atoms with Crippen LogP contribution in [0.15, 0.2) is 58.9 Å². The van der Waals surface area contributed by atoms with Crippen LogP contribution < -0.4 is 35.9 Å². The van der Waals surface area contributed by atoms with Crippen molar-refractivity contribution in [1.82, 2.24) is 29.1 Å². The number of hydrogen-bond donors (Lipinski definition) is 4. The first-order valence-electron chi connectivity index (χ1n) is 20.5. The van der Waals surface area contributed by atoms with Crippen molar-refractivity contribution < 1.29 is 51.2 Å². The molecule has 7 heterocycles. The third-order valence-electron chi connectivity index (χ3n) is 11.5. The van der Waals surface area contributed by atoms with E-state index in [-0.39, 0.29) is 70.8 Å². The number of carboxylic acid groups (broad SMARTS) is 2. The van der Waals surface area contributed by atoms with Gasteiger partial charge in [0.2, 0.25) is 28.6 Å². The number of ether oxygens (including phenoxy) is 2. The predicted molar refractivity (Wildman–Crippen MR) is 225 cm³/mol. The minimum atomic E-state index is -1.41. The van der Waals surface area contributed by atoms with Crippen molar-refractivity contribution >= 4 is 51.3 Å². The number of carbonyl (C=O) groups is 2. The zero-order valence-electron chi connectivity index (χ0n) is 34.7. The fourth-order valence-corrected chi connectivity index (χ4v) is 8.29. The molecule has 0 unspecified atom stereocenters. The molecule has 22 heteroatoms. The van der Waals surface area contributed by atoms with Gasteiger partial charge in [0.15, 0.2) is 34.8 Å². The standard InChI is InChI=1S/C21H19F2N5O4.C13H9F2NO4.C9H12FN3/c1-10-9-32-19-16-13(18(29)14(20(30)31)8-28(10)16)4-15(23)17(19)27-3-2-12(7-27)26-21-24-5-11(22)6-25-21;1-5-4-20-12-9(15)8(14)2-6-10(12)16(5)3-7(11(6)17)13(18)19;10-7-5-11-9(12-6-7)13-8-3-1-2-4-8/h4-6,8,10,12H,2-3,7,9H2,1H3,(H,30,31)(H,24,25,26);2-3,5H,4H2,1H3,(H,18,19);5-6,8H,1-4H2,(H,11,12,13)/t10-,12+;5-;/m00./s1. The van der Waals surface area contributed by atoms with Crippen LogP contribution in [0.2, 0.25) is 0 Å². The first-order valence-corrected chi connectivity index (χ1v) is 20.5. The van der Waals surface area contributed by atoms with Gasteiger partial charge >= 0.3 is 11.9 Å². The minimum Gasteiger partial charge on any atom is -0.487 e. The summed E-state index contributed by atoms with van der Waals surface area (Å²) < 4.78 is 82.1. The molecule has 0 bridgehead atoms. The van der Waals surface area contributed by atoms with Gasteiger partial charge in [-0.05, 0) is 45.2 Å². The summed E-state index contributed by atoms with van der Waals surface area (Å²) in [5.41, 5.74) is -1.81. The van der Waals surface area contributed by atoms with Crippen molar-refractivity contribution in [3.8, 4) is 11.5 Å². The summed E-state index contributed by atoms with van der Waals surface area (Å²) in [5, 5.41) is 24.5. The lowest BCUT2D eigenvalue weighted by atomic mass is 10.1. The van der Waals surface area contributed by atoms with E-state index in [0.29, 0.717) is 43.1 Å². The topological polar surface area (TPSA) is 216 Å². The number of carboxylic acids is 2. The van der Waals surface area contributed by atoms with E-state index < -0.39 is 63.0 Å². The van der Waals surface area contributed by atoms with Crippen LogP contribution in [0.3, 0.4) is 0 Å². The van der Waals surface area contributed by atoms with E-state index in [2.05, 4.69) is 30.6 Å². The summed E-state index contributed by atoms with van der Waals surface area (Å²) in [7, 11) is 0. The quantitative estimate of drug-likeness (QED) is 0.129. The van der Waals surface area contributed by atoms with Crippen LogP contribution in [-0.2, 0) is 0 Å². The molecular weight excluding hydrogens is 866 g/mol. The molecule has 6 aromatic rings. The molecular formula is C43H40F5N9O8. The predicted octanol–water partition coefficient (Wildman–Crippen LogP) is 6.31. The van der Waals surface area contributed by atoms with Gasteiger partial charge < -0.3 is 44.4 Å². The number of rotatable bonds is 7. The molecule has 0 amide bonds. The minimum absolute atomic E-state index is 0.0266. The van der Waals surface area contributed by atoms with Gasteiger partial charge in [-0.15, -0.1) is 0 Å². The Morgan fingerprint density at radius 1 is 0.677 bits per heavy atom. The van der Waals surface area contributed by atoms with Crippen LogP contribution in [0.1, 0.15) is 78.8 Å². The van der Waals surface area contributed by atoms with Gasteiger partial charge in [-0.2, -0.15) is 4.39 Å². The van der Waals surface area contributed by atoms with Crippen LogP contribution in [-0.4, -0.2) is 89.6 Å². The number of benzene rings is 2. The fourth-order valence-electron chi connectivity index (χ4n) is 8.29. The Kier molecular flexibility index (Phi) is 12.2. The van der Waals surface area contributed by atoms with Crippen molar-refractivity contribution in [1.29, 1.82) is 0 Å². The van der Waals surface area contributed by atoms with Gasteiger partial charge in [-0.1, -0.05) is 12.8 Å². The Balaban J connectivity index is 0.000000148. The largest absolute Gasteiger partial charge is 0.487 e. The van der Waals surface area contributed by atoms with Crippen molar-refractivity contribution in [2.75, 3.05) is 41.8 Å². The third-order valence-corrected chi connectivity index (χ3v) is 11.5. The van der Waals surface area contributed by atoms with Gasteiger partial charge in [0, 0.05) is 37.6 Å². The van der Waals surface area contributed by atoms with Gasteiger partial charge in [0.25, 0.3) is 0 Å². The molecule has 65 heavy (non-hydrogen) atoms. The highest BCUT2D eigenvalue weighted by molar-refractivity contribution is 5.97. The highest BCUT2D eigenvalue weighted by Gasteiger charge is 2.34. The lowest BCUT2D eigenvalue weighted by Crippen LogP contribution is -2.30. The van der Waals surface area contributed by atoms with Gasteiger partial charge in [0.05, 0.1) is 58.7 Å². The molecule has 0 radical (unpaired) electrons. The van der Waals surface area contributed by atoms with Gasteiger partial charge in [-0.25, -0.2) is 47.1 Å². The van der Waals surface area contributed by atoms with E-state index >= 15 is 4.39 Å². The number of aromatic nitrogens is 6. The van der Waals surface area contributed by atoms with Gasteiger partial charge in [0.1, 0.15) is 30.0 Å². The second kappa shape index (κ2) is 18.0. The maximum absolute atomic E-state index is 15.3. The van der Waals surface area contributed by atoms with Crippen molar-refractivity contribution in [2.24, 2.45) is 0 Å². The second-order valence-electron chi connectivity index (χ2n) is 16.0. The zero-order valence-corrected chi connectivity index (χ0v) is 34.7. The van der Waals surface area contributed by atoms with E-state index in [0.717, 1.165) is 24.7 Å². The fraction of sp³-hybridized carbons (Fsp3) is 0.349. The van der Waals surface area contributed by atoms with Crippen LogP contribution in [0.5, 0.6) is 11.5 Å². The first kappa shape index (κ1) is 44.2. The van der Waals surface area contributed by atoms with Crippen LogP contribution in [0.4, 0.5) is 39.5 Å². The Morgan fingerprint density at radius 2 is 1.14 bits per heavy atom. The van der Waals surface area contributed by atoms with E-state index in [1.54, 1.807) is 16.4 Å². The Labute approximate surface area is 364 Å². The molecule has 4 N–H and O–H groups in total. The Bertz CT molecular complexity index is 2950. The third kappa shape index (κ3) is 8.79. The average Bonchev–Trinajstić information content (AvgIpc) is 3.97. The summed E-state index contributed by atoms with van der Waals surface area (Å²) in [6.07, 6.45) is 12.4. The lowest BCUT2D eigenvalue weighted by Gasteiger charge is -2.31. The summed E-state index contributed by atoms with van der Waals surface area (Å²) in [5.74, 6) is -6.10. The van der Waals surface area contributed by atoms with Crippen molar-refractivity contribution in [3.63, 3.8) is 0 Å². The molecule has 4 aliphatic rings. The molecule has 1 saturated carbocycles. The second-order valence-corrected chi connectivity index (χ2v) is 16.0. The average molecular weight is 906 g/mol.